The van der Waals surface area contributed by atoms with Gasteiger partial charge in [-0.25, -0.2) is 4.79 Å². The van der Waals surface area contributed by atoms with E-state index in [1.54, 1.807) is 0 Å². The van der Waals surface area contributed by atoms with E-state index in [0.717, 1.165) is 13.0 Å². The van der Waals surface area contributed by atoms with Crippen molar-refractivity contribution in [3.8, 4) is 0 Å². The van der Waals surface area contributed by atoms with Gasteiger partial charge in [0.1, 0.15) is 0 Å². The summed E-state index contributed by atoms with van der Waals surface area (Å²) in [7, 11) is 0. The lowest BCUT2D eigenvalue weighted by Gasteiger charge is -2.34. The van der Waals surface area contributed by atoms with Crippen LogP contribution in [0.5, 0.6) is 0 Å². The molecule has 2 aliphatic rings. The molecule has 4 nitrogen and oxygen atoms in total. The van der Waals surface area contributed by atoms with Gasteiger partial charge in [0, 0.05) is 26.2 Å². The minimum Gasteiger partial charge on any atom is -0.378 e. The summed E-state index contributed by atoms with van der Waals surface area (Å²) in [6, 6.07) is 10.6. The molecular formula is C16H20N2O2. The van der Waals surface area contributed by atoms with E-state index >= 15 is 0 Å². The van der Waals surface area contributed by atoms with E-state index in [4.69, 9.17) is 4.74 Å². The summed E-state index contributed by atoms with van der Waals surface area (Å²) in [6.07, 6.45) is 3.11. The molecule has 1 saturated heterocycles. The van der Waals surface area contributed by atoms with Crippen LogP contribution in [-0.2, 0) is 4.74 Å². The quantitative estimate of drug-likeness (QED) is 0.785. The number of hydrogen-bond donors (Lipinski definition) is 0. The lowest BCUT2D eigenvalue weighted by atomic mass is 10.00. The topological polar surface area (TPSA) is 32.8 Å². The average Bonchev–Trinajstić information content (AvgIpc) is 2.56. The fourth-order valence-electron chi connectivity index (χ4n) is 2.71. The van der Waals surface area contributed by atoms with Crippen molar-refractivity contribution in [1.29, 1.82) is 0 Å². The number of amides is 2. The van der Waals surface area contributed by atoms with Crippen molar-refractivity contribution in [2.45, 2.75) is 6.42 Å². The van der Waals surface area contributed by atoms with E-state index in [-0.39, 0.29) is 6.03 Å². The molecule has 0 bridgehead atoms. The molecule has 0 aromatic heterocycles. The van der Waals surface area contributed by atoms with Crippen LogP contribution in [-0.4, -0.2) is 55.2 Å². The highest BCUT2D eigenvalue weighted by molar-refractivity contribution is 5.77. The molecule has 0 N–H and O–H groups in total. The van der Waals surface area contributed by atoms with Crippen molar-refractivity contribution >= 4 is 11.6 Å². The van der Waals surface area contributed by atoms with Crippen LogP contribution in [0.4, 0.5) is 4.79 Å². The smallest absolute Gasteiger partial charge is 0.320 e. The van der Waals surface area contributed by atoms with Gasteiger partial charge in [0.2, 0.25) is 0 Å². The van der Waals surface area contributed by atoms with E-state index < -0.39 is 0 Å². The molecule has 0 unspecified atom stereocenters. The van der Waals surface area contributed by atoms with Gasteiger partial charge in [-0.05, 0) is 17.6 Å². The molecule has 4 heteroatoms. The van der Waals surface area contributed by atoms with Gasteiger partial charge in [-0.1, -0.05) is 36.4 Å². The van der Waals surface area contributed by atoms with Crippen molar-refractivity contribution in [3.63, 3.8) is 0 Å². The first kappa shape index (κ1) is 13.2. The minimum absolute atomic E-state index is 0.150. The third-order valence-electron chi connectivity index (χ3n) is 3.91. The Kier molecular flexibility index (Phi) is 4.02. The number of hydrogen-bond acceptors (Lipinski definition) is 2. The summed E-state index contributed by atoms with van der Waals surface area (Å²) >= 11 is 0. The van der Waals surface area contributed by atoms with Crippen LogP contribution in [0.2, 0.25) is 0 Å². The van der Waals surface area contributed by atoms with Crippen LogP contribution in [0.25, 0.3) is 5.57 Å². The normalized spacial score (nSPS) is 19.7. The Balaban J connectivity index is 1.62. The van der Waals surface area contributed by atoms with E-state index in [1.807, 2.05) is 15.9 Å². The zero-order valence-electron chi connectivity index (χ0n) is 11.6. The van der Waals surface area contributed by atoms with Gasteiger partial charge in [-0.3, -0.25) is 0 Å². The SMILES string of the molecule is O=C(N1CC=C(c2ccccc2)CC1)N1CCOCC1. The van der Waals surface area contributed by atoms with Gasteiger partial charge in [0.05, 0.1) is 13.2 Å². The van der Waals surface area contributed by atoms with E-state index in [2.05, 4.69) is 30.3 Å². The average molecular weight is 272 g/mol. The Bertz CT molecular complexity index is 492. The zero-order valence-corrected chi connectivity index (χ0v) is 11.6. The van der Waals surface area contributed by atoms with E-state index in [0.29, 0.717) is 32.8 Å². The number of ether oxygens (including phenoxy) is 1. The maximum absolute atomic E-state index is 12.4. The number of rotatable bonds is 1. The lowest BCUT2D eigenvalue weighted by molar-refractivity contribution is 0.0441. The molecule has 0 radical (unpaired) electrons. The Morgan fingerprint density at radius 1 is 1.00 bits per heavy atom. The maximum Gasteiger partial charge on any atom is 0.320 e. The fraction of sp³-hybridized carbons (Fsp3) is 0.438. The van der Waals surface area contributed by atoms with Crippen LogP contribution < -0.4 is 0 Å². The molecule has 106 valence electrons. The number of carbonyl (C=O) groups is 1. The molecule has 2 heterocycles. The molecule has 0 aliphatic carbocycles. The Hall–Kier alpha value is -1.81. The van der Waals surface area contributed by atoms with E-state index in [9.17, 15) is 4.79 Å². The Labute approximate surface area is 119 Å². The molecule has 2 amide bonds. The predicted octanol–water partition coefficient (Wildman–Crippen LogP) is 2.23. The van der Waals surface area contributed by atoms with Gasteiger partial charge in [0.15, 0.2) is 0 Å². The monoisotopic (exact) mass is 272 g/mol. The largest absolute Gasteiger partial charge is 0.378 e. The predicted molar refractivity (Wildman–Crippen MR) is 78.4 cm³/mol. The van der Waals surface area contributed by atoms with Crippen LogP contribution in [0.1, 0.15) is 12.0 Å². The second kappa shape index (κ2) is 6.09. The first-order valence-electron chi connectivity index (χ1n) is 7.20. The second-order valence-corrected chi connectivity index (χ2v) is 5.17. The number of carbonyl (C=O) groups excluding carboxylic acids is 1. The van der Waals surface area contributed by atoms with Crippen LogP contribution in [0, 0.1) is 0 Å². The van der Waals surface area contributed by atoms with Crippen molar-refractivity contribution in [1.82, 2.24) is 9.80 Å². The lowest BCUT2D eigenvalue weighted by Crippen LogP contribution is -2.49. The van der Waals surface area contributed by atoms with Gasteiger partial charge in [-0.2, -0.15) is 0 Å². The van der Waals surface area contributed by atoms with Crippen LogP contribution in [0.3, 0.4) is 0 Å². The van der Waals surface area contributed by atoms with Gasteiger partial charge < -0.3 is 14.5 Å². The minimum atomic E-state index is 0.150. The van der Waals surface area contributed by atoms with Gasteiger partial charge >= 0.3 is 6.03 Å². The number of benzene rings is 1. The molecule has 1 aromatic carbocycles. The van der Waals surface area contributed by atoms with Crippen molar-refractivity contribution in [2.24, 2.45) is 0 Å². The third kappa shape index (κ3) is 2.85. The Morgan fingerprint density at radius 3 is 2.40 bits per heavy atom. The third-order valence-corrected chi connectivity index (χ3v) is 3.91. The van der Waals surface area contributed by atoms with Crippen molar-refractivity contribution in [2.75, 3.05) is 39.4 Å². The summed E-state index contributed by atoms with van der Waals surface area (Å²) in [4.78, 5) is 16.2. The number of nitrogens with zero attached hydrogens (tertiary/aromatic N) is 2. The Morgan fingerprint density at radius 2 is 1.75 bits per heavy atom. The van der Waals surface area contributed by atoms with Gasteiger partial charge in [-0.15, -0.1) is 0 Å². The molecule has 0 atom stereocenters. The maximum atomic E-state index is 12.4. The van der Waals surface area contributed by atoms with Crippen molar-refractivity contribution in [3.05, 3.63) is 42.0 Å². The summed E-state index contributed by atoms with van der Waals surface area (Å²) in [5.74, 6) is 0. The molecule has 1 aromatic rings. The zero-order chi connectivity index (χ0) is 13.8. The van der Waals surface area contributed by atoms with Crippen molar-refractivity contribution < 1.29 is 9.53 Å². The first-order valence-corrected chi connectivity index (χ1v) is 7.20. The molecule has 0 saturated carbocycles. The standard InChI is InChI=1S/C16H20N2O2/c19-16(18-10-12-20-13-11-18)17-8-6-15(7-9-17)14-4-2-1-3-5-14/h1-6H,7-13H2. The van der Waals surface area contributed by atoms with E-state index in [1.165, 1.54) is 11.1 Å². The highest BCUT2D eigenvalue weighted by Crippen LogP contribution is 2.22. The highest BCUT2D eigenvalue weighted by Gasteiger charge is 2.24. The molecule has 20 heavy (non-hydrogen) atoms. The molecule has 1 fully saturated rings. The second-order valence-electron chi connectivity index (χ2n) is 5.17. The summed E-state index contributed by atoms with van der Waals surface area (Å²) in [5.41, 5.74) is 2.61. The summed E-state index contributed by atoms with van der Waals surface area (Å²) < 4.78 is 5.29. The molecule has 0 spiro atoms. The number of morpholine rings is 1. The molecule has 3 rings (SSSR count). The summed E-state index contributed by atoms with van der Waals surface area (Å²) in [5, 5.41) is 0. The fourth-order valence-corrected chi connectivity index (χ4v) is 2.71. The van der Waals surface area contributed by atoms with Crippen LogP contribution in [0.15, 0.2) is 36.4 Å². The number of urea groups is 1. The van der Waals surface area contributed by atoms with Gasteiger partial charge in [0.25, 0.3) is 0 Å². The van der Waals surface area contributed by atoms with Crippen LogP contribution >= 0.6 is 0 Å². The highest BCUT2D eigenvalue weighted by atomic mass is 16.5. The summed E-state index contributed by atoms with van der Waals surface area (Å²) in [6.45, 7) is 4.25. The first-order chi connectivity index (χ1) is 9.84. The molecular weight excluding hydrogens is 252 g/mol. The molecule has 2 aliphatic heterocycles.